The molecule has 0 aromatic rings. The minimum atomic E-state index is -1.36. The molecule has 1 saturated heterocycles. The van der Waals surface area contributed by atoms with Crippen LogP contribution in [0, 0.1) is 5.92 Å². The van der Waals surface area contributed by atoms with Gasteiger partial charge in [-0.1, -0.05) is 0 Å². The van der Waals surface area contributed by atoms with Gasteiger partial charge in [-0.3, -0.25) is 4.79 Å². The maximum absolute atomic E-state index is 11.8. The highest BCUT2D eigenvalue weighted by atomic mass is 16.5. The van der Waals surface area contributed by atoms with Crippen molar-refractivity contribution in [2.45, 2.75) is 31.7 Å². The third kappa shape index (κ3) is 4.27. The summed E-state index contributed by atoms with van der Waals surface area (Å²) in [6.45, 7) is 2.74. The number of rotatable bonds is 6. The number of ether oxygens (including phenoxy) is 2. The Balaban J connectivity index is 2.48. The molecule has 1 atom stereocenters. The average Bonchev–Trinajstić information content (AvgIpc) is 2.30. The molecule has 1 heterocycles. The van der Waals surface area contributed by atoms with E-state index >= 15 is 0 Å². The summed E-state index contributed by atoms with van der Waals surface area (Å²) in [6, 6.07) is 0. The lowest BCUT2D eigenvalue weighted by Gasteiger charge is -2.27. The van der Waals surface area contributed by atoms with Crippen molar-refractivity contribution in [3.8, 4) is 0 Å². The van der Waals surface area contributed by atoms with Crippen molar-refractivity contribution in [3.05, 3.63) is 0 Å². The molecular weight excluding hydrogens is 238 g/mol. The number of carboxylic acid groups (broad SMARTS) is 1. The predicted octanol–water partition coefficient (Wildman–Crippen LogP) is 0.409. The van der Waals surface area contributed by atoms with Gasteiger partial charge in [-0.15, -0.1) is 0 Å². The fourth-order valence-corrected chi connectivity index (χ4v) is 2.01. The van der Waals surface area contributed by atoms with Gasteiger partial charge in [0.1, 0.15) is 0 Å². The number of nitrogens with one attached hydrogen (secondary N) is 1. The van der Waals surface area contributed by atoms with E-state index < -0.39 is 11.5 Å². The topological polar surface area (TPSA) is 84.9 Å². The molecule has 18 heavy (non-hydrogen) atoms. The molecule has 0 saturated carbocycles. The second-order valence-electron chi connectivity index (χ2n) is 4.88. The van der Waals surface area contributed by atoms with Crippen molar-refractivity contribution in [1.29, 1.82) is 0 Å². The van der Waals surface area contributed by atoms with Crippen molar-refractivity contribution in [3.63, 3.8) is 0 Å². The lowest BCUT2D eigenvalue weighted by molar-refractivity contribution is -0.149. The Morgan fingerprint density at radius 1 is 1.44 bits per heavy atom. The fraction of sp³-hybridized carbons (Fsp3) is 0.833. The quantitative estimate of drug-likeness (QED) is 0.721. The van der Waals surface area contributed by atoms with Crippen molar-refractivity contribution in [2.75, 3.05) is 26.9 Å². The van der Waals surface area contributed by atoms with Crippen LogP contribution in [0.15, 0.2) is 0 Å². The third-order valence-electron chi connectivity index (χ3n) is 3.14. The lowest BCUT2D eigenvalue weighted by Crippen LogP contribution is -2.55. The van der Waals surface area contributed by atoms with Crippen LogP contribution in [0.1, 0.15) is 26.2 Å². The molecular formula is C12H21NO5. The van der Waals surface area contributed by atoms with Crippen LogP contribution in [-0.2, 0) is 19.1 Å². The number of hydrogen-bond acceptors (Lipinski definition) is 4. The van der Waals surface area contributed by atoms with E-state index in [1.165, 1.54) is 14.0 Å². The largest absolute Gasteiger partial charge is 0.479 e. The summed E-state index contributed by atoms with van der Waals surface area (Å²) in [5.74, 6) is -1.06. The molecule has 1 amide bonds. The first-order valence-electron chi connectivity index (χ1n) is 6.09. The van der Waals surface area contributed by atoms with Crippen LogP contribution < -0.4 is 5.32 Å². The molecule has 0 radical (unpaired) electrons. The molecule has 1 fully saturated rings. The molecule has 0 aliphatic carbocycles. The summed E-state index contributed by atoms with van der Waals surface area (Å²) in [6.07, 6.45) is 2.04. The van der Waals surface area contributed by atoms with Crippen LogP contribution in [0.2, 0.25) is 0 Å². The molecule has 1 rings (SSSR count). The molecule has 0 bridgehead atoms. The highest BCUT2D eigenvalue weighted by molar-refractivity contribution is 5.86. The third-order valence-corrected chi connectivity index (χ3v) is 3.14. The summed E-state index contributed by atoms with van der Waals surface area (Å²) >= 11 is 0. The van der Waals surface area contributed by atoms with E-state index in [-0.39, 0.29) is 18.4 Å². The standard InChI is InChI=1S/C12H21NO5/c1-12(8-17-2,11(15)16)13-10(14)7-9-3-5-18-6-4-9/h9H,3-8H2,1-2H3,(H,13,14)(H,15,16). The predicted molar refractivity (Wildman–Crippen MR) is 64.2 cm³/mol. The number of carbonyl (C=O) groups excluding carboxylic acids is 1. The Kier molecular flexibility index (Phi) is 5.55. The van der Waals surface area contributed by atoms with E-state index in [0.29, 0.717) is 19.6 Å². The monoisotopic (exact) mass is 259 g/mol. The number of carbonyl (C=O) groups is 2. The Labute approximate surface area is 107 Å². The molecule has 1 aliphatic heterocycles. The smallest absolute Gasteiger partial charge is 0.331 e. The van der Waals surface area contributed by atoms with E-state index in [4.69, 9.17) is 14.6 Å². The maximum atomic E-state index is 11.8. The zero-order valence-electron chi connectivity index (χ0n) is 10.9. The van der Waals surface area contributed by atoms with Gasteiger partial charge in [0.15, 0.2) is 5.54 Å². The molecule has 6 nitrogen and oxygen atoms in total. The van der Waals surface area contributed by atoms with E-state index in [0.717, 1.165) is 12.8 Å². The van der Waals surface area contributed by atoms with Gasteiger partial charge >= 0.3 is 5.97 Å². The summed E-state index contributed by atoms with van der Waals surface area (Å²) in [7, 11) is 1.41. The molecule has 0 spiro atoms. The number of carboxylic acids is 1. The van der Waals surface area contributed by atoms with Crippen molar-refractivity contribution in [1.82, 2.24) is 5.32 Å². The van der Waals surface area contributed by atoms with E-state index in [1.807, 2.05) is 0 Å². The van der Waals surface area contributed by atoms with Crippen LogP contribution in [0.5, 0.6) is 0 Å². The van der Waals surface area contributed by atoms with Gasteiger partial charge in [-0.25, -0.2) is 4.79 Å². The number of aliphatic carboxylic acids is 1. The van der Waals surface area contributed by atoms with Crippen LogP contribution in [0.4, 0.5) is 0 Å². The van der Waals surface area contributed by atoms with Gasteiger partial charge in [0.05, 0.1) is 6.61 Å². The van der Waals surface area contributed by atoms with Crippen molar-refractivity contribution < 1.29 is 24.2 Å². The number of hydrogen-bond donors (Lipinski definition) is 2. The lowest BCUT2D eigenvalue weighted by atomic mass is 9.95. The van der Waals surface area contributed by atoms with E-state index in [2.05, 4.69) is 5.32 Å². The molecule has 0 aromatic heterocycles. The summed E-state index contributed by atoms with van der Waals surface area (Å²) in [5, 5.41) is 11.6. The van der Waals surface area contributed by atoms with Gasteiger partial charge in [-0.2, -0.15) is 0 Å². The highest BCUT2D eigenvalue weighted by Crippen LogP contribution is 2.18. The first-order valence-corrected chi connectivity index (χ1v) is 6.09. The zero-order valence-corrected chi connectivity index (χ0v) is 10.9. The summed E-state index contributed by atoms with van der Waals surface area (Å²) in [5.41, 5.74) is -1.36. The average molecular weight is 259 g/mol. The zero-order chi connectivity index (χ0) is 13.6. The van der Waals surface area contributed by atoms with Gasteiger partial charge in [0, 0.05) is 26.7 Å². The normalized spacial score (nSPS) is 20.1. The van der Waals surface area contributed by atoms with Crippen LogP contribution in [0.3, 0.4) is 0 Å². The summed E-state index contributed by atoms with van der Waals surface area (Å²) in [4.78, 5) is 23.0. The highest BCUT2D eigenvalue weighted by Gasteiger charge is 2.35. The number of methoxy groups -OCH3 is 1. The summed E-state index contributed by atoms with van der Waals surface area (Å²) < 4.78 is 10.1. The molecule has 1 unspecified atom stereocenters. The first-order chi connectivity index (χ1) is 8.48. The molecule has 104 valence electrons. The van der Waals surface area contributed by atoms with Crippen molar-refractivity contribution >= 4 is 11.9 Å². The first kappa shape index (κ1) is 14.9. The Bertz CT molecular complexity index is 301. The Hall–Kier alpha value is -1.14. The SMILES string of the molecule is COCC(C)(NC(=O)CC1CCOCC1)C(=O)O. The minimum absolute atomic E-state index is 0.0537. The van der Waals surface area contributed by atoms with Gasteiger partial charge in [0.25, 0.3) is 0 Å². The van der Waals surface area contributed by atoms with Gasteiger partial charge in [0.2, 0.25) is 5.91 Å². The van der Waals surface area contributed by atoms with Crippen molar-refractivity contribution in [2.24, 2.45) is 5.92 Å². The number of amides is 1. The van der Waals surface area contributed by atoms with E-state index in [9.17, 15) is 9.59 Å². The second kappa shape index (κ2) is 6.70. The van der Waals surface area contributed by atoms with Crippen LogP contribution in [-0.4, -0.2) is 49.5 Å². The Morgan fingerprint density at radius 3 is 2.56 bits per heavy atom. The fourth-order valence-electron chi connectivity index (χ4n) is 2.01. The molecule has 6 heteroatoms. The Morgan fingerprint density at radius 2 is 2.06 bits per heavy atom. The second-order valence-corrected chi connectivity index (χ2v) is 4.88. The van der Waals surface area contributed by atoms with Crippen LogP contribution >= 0.6 is 0 Å². The molecule has 2 N–H and O–H groups in total. The van der Waals surface area contributed by atoms with Gasteiger partial charge in [-0.05, 0) is 25.7 Å². The maximum Gasteiger partial charge on any atom is 0.331 e. The van der Waals surface area contributed by atoms with Gasteiger partial charge < -0.3 is 19.9 Å². The molecule has 0 aromatic carbocycles. The van der Waals surface area contributed by atoms with E-state index in [1.54, 1.807) is 0 Å². The van der Waals surface area contributed by atoms with Crippen LogP contribution in [0.25, 0.3) is 0 Å². The molecule has 1 aliphatic rings. The minimum Gasteiger partial charge on any atom is -0.479 e.